The van der Waals surface area contributed by atoms with Crippen LogP contribution in [-0.4, -0.2) is 0 Å². The number of alkyl halides is 1. The SMILES string of the molecule is Cc1c(C)c2cc3cc(CBr)oc3cc2oc1=O. The van der Waals surface area contributed by atoms with E-state index < -0.39 is 0 Å². The standard InChI is InChI=1S/C14H11BrO3/c1-7-8(2)14(16)18-13-5-12-9(4-11(7)13)3-10(6-15)17-12/h3-5H,6H2,1-2H3. The molecular weight excluding hydrogens is 296 g/mol. The van der Waals surface area contributed by atoms with E-state index in [0.717, 1.165) is 27.7 Å². The van der Waals surface area contributed by atoms with Crippen LogP contribution in [0.5, 0.6) is 0 Å². The molecule has 0 atom stereocenters. The molecule has 92 valence electrons. The number of hydrogen-bond acceptors (Lipinski definition) is 3. The summed E-state index contributed by atoms with van der Waals surface area (Å²) in [4.78, 5) is 11.6. The van der Waals surface area contributed by atoms with Crippen molar-refractivity contribution in [2.45, 2.75) is 19.2 Å². The van der Waals surface area contributed by atoms with Crippen LogP contribution in [0.15, 0.2) is 31.8 Å². The number of halogens is 1. The van der Waals surface area contributed by atoms with Gasteiger partial charge in [0.25, 0.3) is 0 Å². The molecule has 0 radical (unpaired) electrons. The van der Waals surface area contributed by atoms with E-state index in [2.05, 4.69) is 15.9 Å². The minimum Gasteiger partial charge on any atom is -0.460 e. The third-order valence-corrected chi connectivity index (χ3v) is 3.83. The van der Waals surface area contributed by atoms with Crippen molar-refractivity contribution in [2.75, 3.05) is 0 Å². The van der Waals surface area contributed by atoms with Crippen LogP contribution >= 0.6 is 15.9 Å². The maximum absolute atomic E-state index is 11.6. The fraction of sp³-hybridized carbons (Fsp3) is 0.214. The van der Waals surface area contributed by atoms with E-state index in [1.54, 1.807) is 13.0 Å². The highest BCUT2D eigenvalue weighted by Crippen LogP contribution is 2.28. The largest absolute Gasteiger partial charge is 0.460 e. The van der Waals surface area contributed by atoms with E-state index in [-0.39, 0.29) is 5.63 Å². The Morgan fingerprint density at radius 1 is 1.06 bits per heavy atom. The molecule has 2 heterocycles. The summed E-state index contributed by atoms with van der Waals surface area (Å²) >= 11 is 3.36. The average Bonchev–Trinajstić information content (AvgIpc) is 2.76. The molecule has 0 saturated carbocycles. The van der Waals surface area contributed by atoms with Crippen LogP contribution < -0.4 is 5.63 Å². The first-order chi connectivity index (χ1) is 8.60. The monoisotopic (exact) mass is 306 g/mol. The molecule has 0 bridgehead atoms. The lowest BCUT2D eigenvalue weighted by Gasteiger charge is -2.03. The fourth-order valence-electron chi connectivity index (χ4n) is 2.10. The van der Waals surface area contributed by atoms with Gasteiger partial charge in [-0.15, -0.1) is 0 Å². The number of rotatable bonds is 1. The number of furan rings is 1. The Morgan fingerprint density at radius 2 is 1.83 bits per heavy atom. The van der Waals surface area contributed by atoms with Crippen molar-refractivity contribution in [1.29, 1.82) is 0 Å². The zero-order valence-corrected chi connectivity index (χ0v) is 11.6. The van der Waals surface area contributed by atoms with Crippen molar-refractivity contribution in [2.24, 2.45) is 0 Å². The molecule has 0 spiro atoms. The highest BCUT2D eigenvalue weighted by molar-refractivity contribution is 9.08. The maximum atomic E-state index is 11.6. The Bertz CT molecular complexity index is 811. The Balaban J connectivity index is 2.46. The second kappa shape index (κ2) is 3.99. The third kappa shape index (κ3) is 1.60. The number of aryl methyl sites for hydroxylation is 1. The normalized spacial score (nSPS) is 11.5. The zero-order valence-electron chi connectivity index (χ0n) is 10.0. The van der Waals surface area contributed by atoms with Gasteiger partial charge in [0, 0.05) is 22.4 Å². The van der Waals surface area contributed by atoms with Gasteiger partial charge in [0.05, 0.1) is 5.33 Å². The highest BCUT2D eigenvalue weighted by atomic mass is 79.9. The molecular formula is C14H11BrO3. The van der Waals surface area contributed by atoms with E-state index in [0.29, 0.717) is 16.5 Å². The van der Waals surface area contributed by atoms with Crippen molar-refractivity contribution in [3.63, 3.8) is 0 Å². The molecule has 0 saturated heterocycles. The minimum atomic E-state index is -0.286. The van der Waals surface area contributed by atoms with Gasteiger partial charge in [0.2, 0.25) is 0 Å². The summed E-state index contributed by atoms with van der Waals surface area (Å²) in [7, 11) is 0. The van der Waals surface area contributed by atoms with Crippen molar-refractivity contribution in [1.82, 2.24) is 0 Å². The second-order valence-corrected chi connectivity index (χ2v) is 4.93. The van der Waals surface area contributed by atoms with Gasteiger partial charge >= 0.3 is 5.63 Å². The lowest BCUT2D eigenvalue weighted by atomic mass is 10.1. The van der Waals surface area contributed by atoms with Gasteiger partial charge < -0.3 is 8.83 Å². The first-order valence-electron chi connectivity index (χ1n) is 5.62. The highest BCUT2D eigenvalue weighted by Gasteiger charge is 2.11. The van der Waals surface area contributed by atoms with Gasteiger partial charge in [-0.3, -0.25) is 0 Å². The Kier molecular flexibility index (Phi) is 2.55. The lowest BCUT2D eigenvalue weighted by Crippen LogP contribution is -2.05. The summed E-state index contributed by atoms with van der Waals surface area (Å²) in [5.41, 5.74) is 2.65. The minimum absolute atomic E-state index is 0.286. The lowest BCUT2D eigenvalue weighted by molar-refractivity contribution is 0.549. The van der Waals surface area contributed by atoms with Crippen LogP contribution in [0.1, 0.15) is 16.9 Å². The van der Waals surface area contributed by atoms with Crippen molar-refractivity contribution in [3.05, 3.63) is 45.5 Å². The smallest absolute Gasteiger partial charge is 0.339 e. The van der Waals surface area contributed by atoms with Crippen LogP contribution in [0, 0.1) is 13.8 Å². The van der Waals surface area contributed by atoms with Gasteiger partial charge in [0.1, 0.15) is 16.9 Å². The van der Waals surface area contributed by atoms with E-state index in [1.165, 1.54) is 0 Å². The summed E-state index contributed by atoms with van der Waals surface area (Å²) in [6.45, 7) is 3.72. The van der Waals surface area contributed by atoms with Gasteiger partial charge in [-0.25, -0.2) is 4.79 Å². The molecule has 3 rings (SSSR count). The second-order valence-electron chi connectivity index (χ2n) is 4.37. The molecule has 3 nitrogen and oxygen atoms in total. The molecule has 0 aliphatic heterocycles. The molecule has 0 unspecified atom stereocenters. The first kappa shape index (κ1) is 11.5. The Morgan fingerprint density at radius 3 is 2.56 bits per heavy atom. The van der Waals surface area contributed by atoms with Crippen LogP contribution in [0.3, 0.4) is 0 Å². The number of benzene rings is 1. The van der Waals surface area contributed by atoms with Gasteiger partial charge in [-0.2, -0.15) is 0 Å². The average molecular weight is 307 g/mol. The van der Waals surface area contributed by atoms with Crippen molar-refractivity contribution < 1.29 is 8.83 Å². The summed E-state index contributed by atoms with van der Waals surface area (Å²) in [5, 5.41) is 2.65. The van der Waals surface area contributed by atoms with Crippen LogP contribution in [-0.2, 0) is 5.33 Å². The van der Waals surface area contributed by atoms with Gasteiger partial charge in [-0.1, -0.05) is 15.9 Å². The molecule has 4 heteroatoms. The van der Waals surface area contributed by atoms with E-state index in [1.807, 2.05) is 19.1 Å². The zero-order chi connectivity index (χ0) is 12.9. The first-order valence-corrected chi connectivity index (χ1v) is 6.74. The summed E-state index contributed by atoms with van der Waals surface area (Å²) in [6.07, 6.45) is 0. The van der Waals surface area contributed by atoms with Crippen LogP contribution in [0.25, 0.3) is 21.9 Å². The summed E-state index contributed by atoms with van der Waals surface area (Å²) in [5.74, 6) is 0.858. The van der Waals surface area contributed by atoms with Crippen LogP contribution in [0.4, 0.5) is 0 Å². The number of hydrogen-bond donors (Lipinski definition) is 0. The predicted octanol–water partition coefficient (Wildman–Crippen LogP) is 4.05. The van der Waals surface area contributed by atoms with E-state index >= 15 is 0 Å². The fourth-order valence-corrected chi connectivity index (χ4v) is 2.37. The molecule has 0 N–H and O–H groups in total. The molecule has 3 aromatic rings. The molecule has 2 aromatic heterocycles. The summed E-state index contributed by atoms with van der Waals surface area (Å²) < 4.78 is 10.9. The topological polar surface area (TPSA) is 43.4 Å². The number of fused-ring (bicyclic) bond motifs is 2. The quantitative estimate of drug-likeness (QED) is 0.503. The summed E-state index contributed by atoms with van der Waals surface area (Å²) in [6, 6.07) is 5.78. The predicted molar refractivity (Wildman–Crippen MR) is 74.4 cm³/mol. The molecule has 0 fully saturated rings. The molecule has 18 heavy (non-hydrogen) atoms. The molecule has 1 aromatic carbocycles. The van der Waals surface area contributed by atoms with Crippen LogP contribution in [0.2, 0.25) is 0 Å². The van der Waals surface area contributed by atoms with E-state index in [9.17, 15) is 4.79 Å². The van der Waals surface area contributed by atoms with E-state index in [4.69, 9.17) is 8.83 Å². The molecule has 0 aliphatic rings. The van der Waals surface area contributed by atoms with Crippen molar-refractivity contribution >= 4 is 37.9 Å². The van der Waals surface area contributed by atoms with Gasteiger partial charge in [-0.05, 0) is 31.5 Å². The molecule has 0 amide bonds. The Labute approximate surface area is 112 Å². The maximum Gasteiger partial charge on any atom is 0.339 e. The third-order valence-electron chi connectivity index (χ3n) is 3.28. The van der Waals surface area contributed by atoms with Crippen molar-refractivity contribution in [3.8, 4) is 0 Å². The Hall–Kier alpha value is -1.55. The molecule has 0 aliphatic carbocycles. The van der Waals surface area contributed by atoms with Gasteiger partial charge in [0.15, 0.2) is 0 Å².